The molecule has 0 spiro atoms. The number of furan rings is 2. The van der Waals surface area contributed by atoms with Crippen LogP contribution in [0, 0.1) is 0 Å². The predicted octanol–water partition coefficient (Wildman–Crippen LogP) is 15.6. The van der Waals surface area contributed by atoms with Gasteiger partial charge in [0, 0.05) is 60.0 Å². The van der Waals surface area contributed by atoms with Gasteiger partial charge in [0.25, 0.3) is 0 Å². The monoisotopic (exact) mass is 797 g/mol. The van der Waals surface area contributed by atoms with Crippen molar-refractivity contribution in [2.45, 2.75) is 0 Å². The van der Waals surface area contributed by atoms with Crippen molar-refractivity contribution in [3.63, 3.8) is 0 Å². The van der Waals surface area contributed by atoms with Gasteiger partial charge in [0.1, 0.15) is 27.3 Å². The zero-order valence-corrected chi connectivity index (χ0v) is 33.3. The number of aromatic nitrogens is 3. The minimum Gasteiger partial charge on any atom is -0.456 e. The molecule has 61 heavy (non-hydrogen) atoms. The van der Waals surface area contributed by atoms with Crippen LogP contribution >= 0.6 is 11.3 Å². The molecule has 0 fully saturated rings. The molecule has 0 unspecified atom stereocenters. The molecule has 284 valence electrons. The number of fused-ring (bicyclic) bond motifs is 14. The average Bonchev–Trinajstić information content (AvgIpc) is 4.14. The second kappa shape index (κ2) is 12.3. The lowest BCUT2D eigenvalue weighted by molar-refractivity contribution is 0.668. The van der Waals surface area contributed by atoms with Gasteiger partial charge >= 0.3 is 0 Å². The van der Waals surface area contributed by atoms with Crippen LogP contribution in [0.2, 0.25) is 0 Å². The molecule has 14 aromatic rings. The maximum atomic E-state index is 6.28. The summed E-state index contributed by atoms with van der Waals surface area (Å²) < 4.78 is 18.5. The predicted molar refractivity (Wildman–Crippen MR) is 254 cm³/mol. The van der Waals surface area contributed by atoms with E-state index in [0.29, 0.717) is 0 Å². The van der Waals surface area contributed by atoms with Crippen molar-refractivity contribution in [1.29, 1.82) is 0 Å². The van der Waals surface area contributed by atoms with E-state index in [9.17, 15) is 0 Å². The molecule has 0 aliphatic heterocycles. The molecular weight excluding hydrogens is 767 g/mol. The highest BCUT2D eigenvalue weighted by Crippen LogP contribution is 2.44. The third kappa shape index (κ3) is 4.73. The number of hydrogen-bond acceptors (Lipinski definition) is 4. The van der Waals surface area contributed by atoms with Gasteiger partial charge in [0.05, 0.1) is 32.3 Å². The first-order chi connectivity index (χ1) is 30.2. The summed E-state index contributed by atoms with van der Waals surface area (Å²) in [5.41, 5.74) is 14.9. The van der Waals surface area contributed by atoms with Gasteiger partial charge in [-0.05, 0) is 102 Å². The molecule has 0 amide bonds. The molecule has 0 atom stereocenters. The summed E-state index contributed by atoms with van der Waals surface area (Å²) in [4.78, 5) is 5.17. The van der Waals surface area contributed by atoms with Gasteiger partial charge in [-0.15, -0.1) is 11.3 Å². The second-order valence-electron chi connectivity index (χ2n) is 15.9. The topological polar surface area (TPSA) is 49.0 Å². The molecule has 0 radical (unpaired) electrons. The Morgan fingerprint density at radius 2 is 0.902 bits per heavy atom. The lowest BCUT2D eigenvalue weighted by Gasteiger charge is -2.10. The molecular formula is C55H31N3O2S. The largest absolute Gasteiger partial charge is 0.456 e. The van der Waals surface area contributed by atoms with Gasteiger partial charge in [-0.1, -0.05) is 97.1 Å². The fraction of sp³-hybridized carbons (Fsp3) is 0. The Morgan fingerprint density at radius 1 is 0.361 bits per heavy atom. The Kier molecular flexibility index (Phi) is 6.65. The number of hydrogen-bond donors (Lipinski definition) is 0. The van der Waals surface area contributed by atoms with E-state index in [1.165, 1.54) is 48.4 Å². The van der Waals surface area contributed by atoms with Crippen LogP contribution in [0.15, 0.2) is 197 Å². The zero-order chi connectivity index (χ0) is 39.8. The minimum absolute atomic E-state index is 0.884. The van der Waals surface area contributed by atoms with E-state index < -0.39 is 0 Å². The van der Waals surface area contributed by atoms with Crippen molar-refractivity contribution in [2.75, 3.05) is 0 Å². The highest BCUT2D eigenvalue weighted by molar-refractivity contribution is 7.22. The molecule has 0 N–H and O–H groups in total. The van der Waals surface area contributed by atoms with Crippen LogP contribution in [-0.2, 0) is 0 Å². The minimum atomic E-state index is 0.884. The van der Waals surface area contributed by atoms with E-state index >= 15 is 0 Å². The summed E-state index contributed by atoms with van der Waals surface area (Å²) in [5.74, 6) is 0. The molecule has 14 rings (SSSR count). The SMILES string of the molecule is c1ccc(-c2nc3ccc4c5cc(-c6ccc7c(c6)c6ccccc6n7-c6ccc7oc8ccccc8c7c6)ccc5n(-c5ccc6oc7ccccc7c6c5)c4c3s2)cc1. The first-order valence-corrected chi connectivity index (χ1v) is 21.3. The van der Waals surface area contributed by atoms with E-state index in [0.717, 1.165) is 82.4 Å². The molecule has 0 saturated heterocycles. The number of rotatable bonds is 4. The van der Waals surface area contributed by atoms with Crippen molar-refractivity contribution in [2.24, 2.45) is 0 Å². The van der Waals surface area contributed by atoms with E-state index in [1.54, 1.807) is 11.3 Å². The number of thiazole rings is 1. The van der Waals surface area contributed by atoms with E-state index in [2.05, 4.69) is 173 Å². The standard InChI is InChI=1S/C55H31N3O2S/c1-2-10-32(11-3-1)55-56-45-23-22-40-42-29-34(19-25-48(42)58(53(40)54(45)61-55)36-21-27-52-44(31-36)39-14-6-9-17-50(39)60-52)33-18-24-47-41(28-33)37-12-4-7-15-46(37)57(47)35-20-26-51-43(30-35)38-13-5-8-16-49(38)59-51/h1-31H. The van der Waals surface area contributed by atoms with Crippen molar-refractivity contribution in [1.82, 2.24) is 14.1 Å². The van der Waals surface area contributed by atoms with Crippen molar-refractivity contribution in [3.8, 4) is 33.1 Å². The van der Waals surface area contributed by atoms with Gasteiger partial charge < -0.3 is 18.0 Å². The van der Waals surface area contributed by atoms with Gasteiger partial charge in [-0.25, -0.2) is 4.98 Å². The summed E-state index contributed by atoms with van der Waals surface area (Å²) in [7, 11) is 0. The van der Waals surface area contributed by atoms with Crippen LogP contribution in [0.1, 0.15) is 0 Å². The van der Waals surface area contributed by atoms with Crippen molar-refractivity contribution in [3.05, 3.63) is 188 Å². The van der Waals surface area contributed by atoms with Crippen LogP contribution in [0.3, 0.4) is 0 Å². The zero-order valence-electron chi connectivity index (χ0n) is 32.5. The van der Waals surface area contributed by atoms with Crippen LogP contribution in [0.25, 0.3) is 131 Å². The molecule has 9 aromatic carbocycles. The van der Waals surface area contributed by atoms with Gasteiger partial charge in [0.15, 0.2) is 0 Å². The molecule has 0 aliphatic rings. The summed E-state index contributed by atoms with van der Waals surface area (Å²) in [5, 5.41) is 10.3. The van der Waals surface area contributed by atoms with Crippen LogP contribution in [-0.4, -0.2) is 14.1 Å². The fourth-order valence-corrected chi connectivity index (χ4v) is 10.9. The maximum absolute atomic E-state index is 6.28. The summed E-state index contributed by atoms with van der Waals surface area (Å²) in [6, 6.07) is 67.2. The van der Waals surface area contributed by atoms with Gasteiger partial charge in [-0.3, -0.25) is 0 Å². The summed E-state index contributed by atoms with van der Waals surface area (Å²) in [6.07, 6.45) is 0. The Hall–Kier alpha value is -7.93. The number of benzene rings is 9. The first kappa shape index (κ1) is 33.0. The molecule has 5 heterocycles. The van der Waals surface area contributed by atoms with Gasteiger partial charge in [0.2, 0.25) is 0 Å². The lowest BCUT2D eigenvalue weighted by atomic mass is 10.0. The maximum Gasteiger partial charge on any atom is 0.135 e. The van der Waals surface area contributed by atoms with Gasteiger partial charge in [-0.2, -0.15) is 0 Å². The Bertz CT molecular complexity index is 4120. The second-order valence-corrected chi connectivity index (χ2v) is 16.9. The normalized spacial score (nSPS) is 12.3. The van der Waals surface area contributed by atoms with Crippen LogP contribution < -0.4 is 0 Å². The molecule has 5 nitrogen and oxygen atoms in total. The molecule has 0 aliphatic carbocycles. The average molecular weight is 798 g/mol. The fourth-order valence-electron chi connectivity index (χ4n) is 9.77. The number of nitrogens with zero attached hydrogens (tertiary/aromatic N) is 3. The van der Waals surface area contributed by atoms with Crippen LogP contribution in [0.4, 0.5) is 0 Å². The Balaban J connectivity index is 0.983. The highest BCUT2D eigenvalue weighted by atomic mass is 32.1. The third-order valence-corrected chi connectivity index (χ3v) is 13.7. The van der Waals surface area contributed by atoms with E-state index in [4.69, 9.17) is 13.8 Å². The van der Waals surface area contributed by atoms with Crippen LogP contribution in [0.5, 0.6) is 0 Å². The Morgan fingerprint density at radius 3 is 1.59 bits per heavy atom. The summed E-state index contributed by atoms with van der Waals surface area (Å²) >= 11 is 1.76. The van der Waals surface area contributed by atoms with Crippen molar-refractivity contribution < 1.29 is 8.83 Å². The lowest BCUT2D eigenvalue weighted by Crippen LogP contribution is -1.94. The third-order valence-electron chi connectivity index (χ3n) is 12.5. The number of para-hydroxylation sites is 3. The summed E-state index contributed by atoms with van der Waals surface area (Å²) in [6.45, 7) is 0. The van der Waals surface area contributed by atoms with E-state index in [1.807, 2.05) is 24.3 Å². The molecule has 6 heteroatoms. The highest BCUT2D eigenvalue weighted by Gasteiger charge is 2.21. The Labute approximate surface area is 351 Å². The molecule has 0 bridgehead atoms. The molecule has 0 saturated carbocycles. The quantitative estimate of drug-likeness (QED) is 0.178. The smallest absolute Gasteiger partial charge is 0.135 e. The van der Waals surface area contributed by atoms with Crippen molar-refractivity contribution >= 4 is 109 Å². The molecule has 5 aromatic heterocycles. The first-order valence-electron chi connectivity index (χ1n) is 20.5. The van der Waals surface area contributed by atoms with E-state index in [-0.39, 0.29) is 0 Å².